The molecular weight excluding hydrogens is 318 g/mol. The average Bonchev–Trinajstić information content (AvgIpc) is 3.13. The minimum Gasteiger partial charge on any atom is -0.438 e. The third kappa shape index (κ3) is 2.94. The maximum absolute atomic E-state index is 12.3. The first-order valence-corrected chi connectivity index (χ1v) is 8.17. The summed E-state index contributed by atoms with van der Waals surface area (Å²) in [5, 5.41) is 6.16. The fraction of sp³-hybridized carbons (Fsp3) is 0.278. The number of aromatic nitrogens is 2. The molecule has 1 aliphatic heterocycles. The molecule has 0 radical (unpaired) electrons. The van der Waals surface area contributed by atoms with Gasteiger partial charge in [0.15, 0.2) is 11.2 Å². The maximum atomic E-state index is 12.3. The van der Waals surface area contributed by atoms with Crippen LogP contribution in [0.3, 0.4) is 0 Å². The number of pyridine rings is 1. The van der Waals surface area contributed by atoms with Crippen LogP contribution in [-0.2, 0) is 4.79 Å². The SMILES string of the molecule is CN(C)CCNc1cnc2nc(C3C(=O)Nc4ccccc43)oc2c1. The first kappa shape index (κ1) is 15.6. The highest BCUT2D eigenvalue weighted by Gasteiger charge is 2.35. The molecule has 128 valence electrons. The number of anilines is 2. The van der Waals surface area contributed by atoms with Crippen molar-refractivity contribution in [3.63, 3.8) is 0 Å². The predicted octanol–water partition coefficient (Wildman–Crippen LogP) is 2.28. The minimum absolute atomic E-state index is 0.128. The van der Waals surface area contributed by atoms with E-state index in [1.54, 1.807) is 6.20 Å². The van der Waals surface area contributed by atoms with E-state index in [0.29, 0.717) is 17.1 Å². The van der Waals surface area contributed by atoms with Crippen LogP contribution in [0.4, 0.5) is 11.4 Å². The Balaban J connectivity index is 1.62. The van der Waals surface area contributed by atoms with E-state index in [0.717, 1.165) is 30.0 Å². The number of carbonyl (C=O) groups is 1. The lowest BCUT2D eigenvalue weighted by Gasteiger charge is -2.10. The molecule has 2 N–H and O–H groups in total. The molecule has 25 heavy (non-hydrogen) atoms. The number of carbonyl (C=O) groups excluding carboxylic acids is 1. The fourth-order valence-corrected chi connectivity index (χ4v) is 2.93. The van der Waals surface area contributed by atoms with Crippen molar-refractivity contribution in [3.8, 4) is 0 Å². The topological polar surface area (TPSA) is 83.3 Å². The lowest BCUT2D eigenvalue weighted by molar-refractivity contribution is -0.116. The van der Waals surface area contributed by atoms with Gasteiger partial charge in [0.25, 0.3) is 0 Å². The van der Waals surface area contributed by atoms with E-state index < -0.39 is 5.92 Å². The van der Waals surface area contributed by atoms with Crippen LogP contribution in [0.25, 0.3) is 11.2 Å². The Morgan fingerprint density at radius 1 is 1.32 bits per heavy atom. The van der Waals surface area contributed by atoms with E-state index in [9.17, 15) is 4.79 Å². The molecule has 0 aliphatic carbocycles. The summed E-state index contributed by atoms with van der Waals surface area (Å²) in [6.07, 6.45) is 1.73. The Bertz CT molecular complexity index is 934. The number of rotatable bonds is 5. The number of nitrogens with one attached hydrogen (secondary N) is 2. The Labute approximate surface area is 145 Å². The Morgan fingerprint density at radius 3 is 3.00 bits per heavy atom. The lowest BCUT2D eigenvalue weighted by atomic mass is 10.0. The zero-order valence-electron chi connectivity index (χ0n) is 14.1. The van der Waals surface area contributed by atoms with Gasteiger partial charge in [0.2, 0.25) is 11.8 Å². The molecule has 0 bridgehead atoms. The molecule has 3 heterocycles. The van der Waals surface area contributed by atoms with Crippen molar-refractivity contribution in [3.05, 3.63) is 48.0 Å². The van der Waals surface area contributed by atoms with Crippen LogP contribution in [0.15, 0.2) is 40.9 Å². The number of amides is 1. The van der Waals surface area contributed by atoms with Gasteiger partial charge in [0, 0.05) is 24.8 Å². The fourth-order valence-electron chi connectivity index (χ4n) is 2.93. The lowest BCUT2D eigenvalue weighted by Crippen LogP contribution is -2.20. The number of hydrogen-bond acceptors (Lipinski definition) is 6. The van der Waals surface area contributed by atoms with Crippen LogP contribution in [0.5, 0.6) is 0 Å². The second-order valence-corrected chi connectivity index (χ2v) is 6.34. The summed E-state index contributed by atoms with van der Waals surface area (Å²) in [4.78, 5) is 23.2. The second kappa shape index (κ2) is 6.18. The third-order valence-electron chi connectivity index (χ3n) is 4.19. The molecule has 7 nitrogen and oxygen atoms in total. The highest BCUT2D eigenvalue weighted by molar-refractivity contribution is 6.04. The average molecular weight is 337 g/mol. The van der Waals surface area contributed by atoms with Gasteiger partial charge in [0.1, 0.15) is 5.92 Å². The van der Waals surface area contributed by atoms with Crippen LogP contribution in [0.2, 0.25) is 0 Å². The number of fused-ring (bicyclic) bond motifs is 2. The van der Waals surface area contributed by atoms with Crippen LogP contribution in [0.1, 0.15) is 17.4 Å². The standard InChI is InChI=1S/C18H19N5O2/c1-23(2)8-7-19-11-9-14-16(20-10-11)22-18(25-14)15-12-5-3-4-6-13(12)21-17(15)24/h3-6,9-10,15,19H,7-8H2,1-2H3,(H,21,24). The van der Waals surface area contributed by atoms with E-state index >= 15 is 0 Å². The molecular formula is C18H19N5O2. The summed E-state index contributed by atoms with van der Waals surface area (Å²) in [6.45, 7) is 1.72. The van der Waals surface area contributed by atoms with Crippen LogP contribution < -0.4 is 10.6 Å². The van der Waals surface area contributed by atoms with Crippen molar-refractivity contribution in [2.24, 2.45) is 0 Å². The zero-order chi connectivity index (χ0) is 17.4. The molecule has 7 heteroatoms. The molecule has 4 rings (SSSR count). The summed E-state index contributed by atoms with van der Waals surface area (Å²) in [6, 6.07) is 9.45. The van der Waals surface area contributed by atoms with E-state index in [1.165, 1.54) is 0 Å². The van der Waals surface area contributed by atoms with Crippen molar-refractivity contribution >= 4 is 28.5 Å². The Morgan fingerprint density at radius 2 is 2.16 bits per heavy atom. The highest BCUT2D eigenvalue weighted by Crippen LogP contribution is 2.37. The second-order valence-electron chi connectivity index (χ2n) is 6.34. The van der Waals surface area contributed by atoms with Gasteiger partial charge in [-0.2, -0.15) is 4.98 Å². The molecule has 0 saturated carbocycles. The van der Waals surface area contributed by atoms with Crippen molar-refractivity contribution in [2.45, 2.75) is 5.92 Å². The smallest absolute Gasteiger partial charge is 0.241 e. The summed E-state index contributed by atoms with van der Waals surface area (Å²) in [5.41, 5.74) is 3.63. The molecule has 0 saturated heterocycles. The van der Waals surface area contributed by atoms with E-state index in [4.69, 9.17) is 4.42 Å². The van der Waals surface area contributed by atoms with Gasteiger partial charge in [-0.3, -0.25) is 4.79 Å². The Kier molecular flexibility index (Phi) is 3.85. The van der Waals surface area contributed by atoms with E-state index in [1.807, 2.05) is 44.4 Å². The number of nitrogens with zero attached hydrogens (tertiary/aromatic N) is 3. The molecule has 0 spiro atoms. The monoisotopic (exact) mass is 337 g/mol. The normalized spacial score (nSPS) is 16.3. The molecule has 1 unspecified atom stereocenters. The number of hydrogen-bond donors (Lipinski definition) is 2. The van der Waals surface area contributed by atoms with Gasteiger partial charge in [-0.15, -0.1) is 0 Å². The quantitative estimate of drug-likeness (QED) is 0.743. The van der Waals surface area contributed by atoms with Crippen molar-refractivity contribution in [2.75, 3.05) is 37.8 Å². The Hall–Kier alpha value is -2.93. The number of likely N-dealkylation sites (N-methyl/N-ethyl adjacent to an activating group) is 1. The number of benzene rings is 1. The first-order valence-electron chi connectivity index (χ1n) is 8.17. The van der Waals surface area contributed by atoms with Crippen molar-refractivity contribution < 1.29 is 9.21 Å². The highest BCUT2D eigenvalue weighted by atomic mass is 16.3. The predicted molar refractivity (Wildman–Crippen MR) is 95.8 cm³/mol. The third-order valence-corrected chi connectivity index (χ3v) is 4.19. The van der Waals surface area contributed by atoms with Gasteiger partial charge >= 0.3 is 0 Å². The molecule has 1 aliphatic rings. The van der Waals surface area contributed by atoms with Crippen molar-refractivity contribution in [1.82, 2.24) is 14.9 Å². The summed E-state index contributed by atoms with van der Waals surface area (Å²) in [5.74, 6) is -0.289. The molecule has 1 atom stereocenters. The van der Waals surface area contributed by atoms with Gasteiger partial charge in [0.05, 0.1) is 11.9 Å². The van der Waals surface area contributed by atoms with Crippen LogP contribution in [0, 0.1) is 0 Å². The minimum atomic E-state index is -0.532. The van der Waals surface area contributed by atoms with Gasteiger partial charge < -0.3 is 20.0 Å². The van der Waals surface area contributed by atoms with Gasteiger partial charge in [-0.05, 0) is 25.7 Å². The van der Waals surface area contributed by atoms with Crippen LogP contribution >= 0.6 is 0 Å². The number of para-hydroxylation sites is 1. The largest absolute Gasteiger partial charge is 0.438 e. The van der Waals surface area contributed by atoms with Gasteiger partial charge in [-0.25, -0.2) is 4.98 Å². The molecule has 2 aromatic heterocycles. The first-order chi connectivity index (χ1) is 12.1. The maximum Gasteiger partial charge on any atom is 0.241 e. The summed E-state index contributed by atoms with van der Waals surface area (Å²) in [7, 11) is 4.05. The summed E-state index contributed by atoms with van der Waals surface area (Å²) < 4.78 is 5.86. The van der Waals surface area contributed by atoms with Gasteiger partial charge in [-0.1, -0.05) is 18.2 Å². The molecule has 1 amide bonds. The van der Waals surface area contributed by atoms with E-state index in [2.05, 4.69) is 25.5 Å². The molecule has 1 aromatic carbocycles. The summed E-state index contributed by atoms with van der Waals surface area (Å²) >= 11 is 0. The van der Waals surface area contributed by atoms with Crippen molar-refractivity contribution in [1.29, 1.82) is 0 Å². The van der Waals surface area contributed by atoms with Crippen LogP contribution in [-0.4, -0.2) is 48.0 Å². The molecule has 0 fully saturated rings. The molecule has 3 aromatic rings. The zero-order valence-corrected chi connectivity index (χ0v) is 14.1. The number of oxazole rings is 1. The van der Waals surface area contributed by atoms with E-state index in [-0.39, 0.29) is 5.91 Å².